The number of benzene rings is 1. The molecule has 1 aliphatic rings. The number of aliphatic carboxylic acids is 1. The monoisotopic (exact) mass is 414 g/mol. The molecule has 1 aromatic heterocycles. The molecule has 0 bridgehead atoms. The molecule has 0 fully saturated rings. The van der Waals surface area contributed by atoms with E-state index in [4.69, 9.17) is 13.9 Å². The zero-order valence-corrected chi connectivity index (χ0v) is 16.5. The lowest BCUT2D eigenvalue weighted by Crippen LogP contribution is -2.44. The molecule has 1 aliphatic heterocycles. The fourth-order valence-electron chi connectivity index (χ4n) is 2.85. The van der Waals surface area contributed by atoms with E-state index >= 15 is 0 Å². The van der Waals surface area contributed by atoms with E-state index in [2.05, 4.69) is 10.6 Å². The second-order valence-electron chi connectivity index (χ2n) is 7.10. The Morgan fingerprint density at radius 2 is 1.93 bits per heavy atom. The number of ether oxygens (including phenoxy) is 2. The van der Waals surface area contributed by atoms with Crippen LogP contribution in [0.4, 0.5) is 0 Å². The third-order valence-electron chi connectivity index (χ3n) is 4.26. The van der Waals surface area contributed by atoms with Crippen LogP contribution in [0.25, 0.3) is 6.08 Å². The van der Waals surface area contributed by atoms with Crippen LogP contribution in [0, 0.1) is 5.92 Å². The van der Waals surface area contributed by atoms with Gasteiger partial charge in [0.2, 0.25) is 6.79 Å². The standard InChI is InChI=1S/C21H22N2O7/c1-12(2)8-15(21(26)27)23-19(24)14(22-20(25)17-4-3-7-28-17)9-13-5-6-16-18(10-13)30-11-29-16/h3-7,9-10,12,15H,8,11H2,1-2H3,(H,22,25)(H,23,24)(H,26,27)/b14-9-/t15-/m1/s1. The van der Waals surface area contributed by atoms with Crippen LogP contribution in [0.2, 0.25) is 0 Å². The number of rotatable bonds is 8. The number of amides is 2. The lowest BCUT2D eigenvalue weighted by molar-refractivity contribution is -0.141. The van der Waals surface area contributed by atoms with Crippen molar-refractivity contribution in [1.29, 1.82) is 0 Å². The number of fused-ring (bicyclic) bond motifs is 1. The maximum atomic E-state index is 12.8. The number of nitrogens with one attached hydrogen (secondary N) is 2. The van der Waals surface area contributed by atoms with Crippen LogP contribution < -0.4 is 20.1 Å². The Bertz CT molecular complexity index is 964. The molecule has 3 rings (SSSR count). The summed E-state index contributed by atoms with van der Waals surface area (Å²) < 4.78 is 15.7. The third kappa shape index (κ3) is 5.19. The summed E-state index contributed by atoms with van der Waals surface area (Å²) in [6, 6.07) is 6.90. The molecule has 30 heavy (non-hydrogen) atoms. The molecular formula is C21H22N2O7. The third-order valence-corrected chi connectivity index (χ3v) is 4.26. The van der Waals surface area contributed by atoms with E-state index < -0.39 is 23.8 Å². The second-order valence-corrected chi connectivity index (χ2v) is 7.10. The van der Waals surface area contributed by atoms with Gasteiger partial charge in [0, 0.05) is 0 Å². The molecule has 0 unspecified atom stereocenters. The molecule has 9 nitrogen and oxygen atoms in total. The van der Waals surface area contributed by atoms with E-state index in [1.165, 1.54) is 18.4 Å². The first kappa shape index (κ1) is 21.0. The molecule has 1 atom stereocenters. The molecule has 0 aliphatic carbocycles. The normalized spacial score (nSPS) is 13.8. The summed E-state index contributed by atoms with van der Waals surface area (Å²) >= 11 is 0. The SMILES string of the molecule is CC(C)C[C@@H](NC(=O)/C(=C/c1ccc2c(c1)OCO2)NC(=O)c1ccco1)C(=O)O. The molecule has 1 aromatic carbocycles. The van der Waals surface area contributed by atoms with Gasteiger partial charge in [-0.3, -0.25) is 9.59 Å². The molecule has 158 valence electrons. The minimum absolute atomic E-state index is 0.0105. The van der Waals surface area contributed by atoms with Gasteiger partial charge in [-0.1, -0.05) is 19.9 Å². The van der Waals surface area contributed by atoms with Crippen LogP contribution in [0.15, 0.2) is 46.7 Å². The van der Waals surface area contributed by atoms with Crippen LogP contribution in [0.1, 0.15) is 36.4 Å². The number of hydrogen-bond acceptors (Lipinski definition) is 6. The minimum atomic E-state index is -1.16. The van der Waals surface area contributed by atoms with Crippen LogP contribution >= 0.6 is 0 Å². The summed E-state index contributed by atoms with van der Waals surface area (Å²) in [7, 11) is 0. The average molecular weight is 414 g/mol. The number of carboxylic acids is 1. The quantitative estimate of drug-likeness (QED) is 0.566. The van der Waals surface area contributed by atoms with E-state index in [-0.39, 0.29) is 30.6 Å². The first-order valence-corrected chi connectivity index (χ1v) is 9.33. The number of carbonyl (C=O) groups is 3. The molecule has 9 heteroatoms. The van der Waals surface area contributed by atoms with Crippen LogP contribution in [0.3, 0.4) is 0 Å². The molecule has 3 N–H and O–H groups in total. The van der Waals surface area contributed by atoms with E-state index in [0.717, 1.165) is 0 Å². The highest BCUT2D eigenvalue weighted by Gasteiger charge is 2.24. The van der Waals surface area contributed by atoms with Gasteiger partial charge in [0.15, 0.2) is 17.3 Å². The van der Waals surface area contributed by atoms with Crippen molar-refractivity contribution in [2.24, 2.45) is 5.92 Å². The van der Waals surface area contributed by atoms with Crippen molar-refractivity contribution in [2.75, 3.05) is 6.79 Å². The summed E-state index contributed by atoms with van der Waals surface area (Å²) in [4.78, 5) is 36.8. The van der Waals surface area contributed by atoms with Crippen molar-refractivity contribution in [1.82, 2.24) is 10.6 Å². The fourth-order valence-corrected chi connectivity index (χ4v) is 2.85. The first-order valence-electron chi connectivity index (χ1n) is 9.33. The van der Waals surface area contributed by atoms with Gasteiger partial charge in [0.05, 0.1) is 6.26 Å². The number of hydrogen-bond donors (Lipinski definition) is 3. The summed E-state index contributed by atoms with van der Waals surface area (Å²) in [6.45, 7) is 3.80. The van der Waals surface area contributed by atoms with Crippen molar-refractivity contribution >= 4 is 23.9 Å². The van der Waals surface area contributed by atoms with Crippen molar-refractivity contribution in [3.8, 4) is 11.5 Å². The summed E-state index contributed by atoms with van der Waals surface area (Å²) in [5.41, 5.74) is 0.421. The zero-order valence-electron chi connectivity index (χ0n) is 16.5. The number of carboxylic acid groups (broad SMARTS) is 1. The Morgan fingerprint density at radius 1 is 1.17 bits per heavy atom. The maximum absolute atomic E-state index is 12.8. The van der Waals surface area contributed by atoms with Gasteiger partial charge in [-0.25, -0.2) is 4.79 Å². The second kappa shape index (κ2) is 9.17. The summed E-state index contributed by atoms with van der Waals surface area (Å²) in [5, 5.41) is 14.4. The van der Waals surface area contributed by atoms with Crippen molar-refractivity contribution in [3.63, 3.8) is 0 Å². The van der Waals surface area contributed by atoms with Gasteiger partial charge in [-0.2, -0.15) is 0 Å². The predicted octanol–water partition coefficient (Wildman–Crippen LogP) is 2.39. The van der Waals surface area contributed by atoms with Gasteiger partial charge >= 0.3 is 5.97 Å². The van der Waals surface area contributed by atoms with Gasteiger partial charge in [0.1, 0.15) is 11.7 Å². The number of carbonyl (C=O) groups excluding carboxylic acids is 2. The first-order chi connectivity index (χ1) is 14.3. The largest absolute Gasteiger partial charge is 0.480 e. The lowest BCUT2D eigenvalue weighted by atomic mass is 10.0. The maximum Gasteiger partial charge on any atom is 0.326 e. The molecule has 0 spiro atoms. The van der Waals surface area contributed by atoms with E-state index in [1.54, 1.807) is 24.3 Å². The van der Waals surface area contributed by atoms with Gasteiger partial charge in [-0.05, 0) is 48.2 Å². The fraction of sp³-hybridized carbons (Fsp3) is 0.286. The van der Waals surface area contributed by atoms with Crippen LogP contribution in [0.5, 0.6) is 11.5 Å². The smallest absolute Gasteiger partial charge is 0.326 e. The van der Waals surface area contributed by atoms with Crippen LogP contribution in [-0.2, 0) is 9.59 Å². The lowest BCUT2D eigenvalue weighted by Gasteiger charge is -2.18. The predicted molar refractivity (Wildman–Crippen MR) is 106 cm³/mol. The summed E-state index contributed by atoms with van der Waals surface area (Å²) in [6.07, 6.45) is 3.00. The molecule has 2 heterocycles. The minimum Gasteiger partial charge on any atom is -0.480 e. The molecule has 2 amide bonds. The highest BCUT2D eigenvalue weighted by Crippen LogP contribution is 2.33. The average Bonchev–Trinajstić information content (AvgIpc) is 3.37. The Kier molecular flexibility index (Phi) is 6.41. The molecule has 2 aromatic rings. The zero-order chi connectivity index (χ0) is 21.7. The van der Waals surface area contributed by atoms with Crippen molar-refractivity contribution in [3.05, 3.63) is 53.6 Å². The van der Waals surface area contributed by atoms with Crippen LogP contribution in [-0.4, -0.2) is 35.7 Å². The molecule has 0 radical (unpaired) electrons. The molecule has 0 saturated carbocycles. The Morgan fingerprint density at radius 3 is 2.60 bits per heavy atom. The van der Waals surface area contributed by atoms with Gasteiger partial charge < -0.3 is 29.6 Å². The van der Waals surface area contributed by atoms with E-state index in [9.17, 15) is 19.5 Å². The van der Waals surface area contributed by atoms with E-state index in [0.29, 0.717) is 17.1 Å². The van der Waals surface area contributed by atoms with Gasteiger partial charge in [-0.15, -0.1) is 0 Å². The Balaban J connectivity index is 1.87. The highest BCUT2D eigenvalue weighted by atomic mass is 16.7. The number of furan rings is 1. The molecule has 0 saturated heterocycles. The van der Waals surface area contributed by atoms with Crippen molar-refractivity contribution in [2.45, 2.75) is 26.3 Å². The Hall–Kier alpha value is -3.75. The van der Waals surface area contributed by atoms with Crippen molar-refractivity contribution < 1.29 is 33.4 Å². The highest BCUT2D eigenvalue weighted by molar-refractivity contribution is 6.05. The van der Waals surface area contributed by atoms with E-state index in [1.807, 2.05) is 13.8 Å². The summed E-state index contributed by atoms with van der Waals surface area (Å²) in [5.74, 6) is -1.40. The topological polar surface area (TPSA) is 127 Å². The molecular weight excluding hydrogens is 392 g/mol. The van der Waals surface area contributed by atoms with Gasteiger partial charge in [0.25, 0.3) is 11.8 Å². The Labute approximate surface area is 172 Å².